The van der Waals surface area contributed by atoms with Crippen LogP contribution in [0.15, 0.2) is 53.4 Å². The third-order valence-corrected chi connectivity index (χ3v) is 7.19. The highest BCUT2D eigenvalue weighted by molar-refractivity contribution is 7.89. The summed E-state index contributed by atoms with van der Waals surface area (Å²) in [5.74, 6) is -0.494. The standard InChI is InChI=1S/C23H28N2O6S/c1-17(31-22(26)16-18-8-4-5-9-21(18)30-2)23(27)24-19-10-12-20(13-11-19)32(28,29)25-14-6-3-7-15-25/h4-5,8-13,17H,3,6-7,14-16H2,1-2H3,(H,24,27)/t17-/m0/s1. The summed E-state index contributed by atoms with van der Waals surface area (Å²) in [6, 6.07) is 13.1. The molecular formula is C23H28N2O6S. The fourth-order valence-electron chi connectivity index (χ4n) is 3.51. The number of ether oxygens (including phenoxy) is 2. The molecule has 1 aliphatic heterocycles. The number of benzene rings is 2. The number of sulfonamides is 1. The molecule has 0 saturated carbocycles. The lowest BCUT2D eigenvalue weighted by Gasteiger charge is -2.25. The molecule has 0 spiro atoms. The molecule has 1 amide bonds. The highest BCUT2D eigenvalue weighted by atomic mass is 32.2. The van der Waals surface area contributed by atoms with E-state index in [4.69, 9.17) is 9.47 Å². The smallest absolute Gasteiger partial charge is 0.311 e. The van der Waals surface area contributed by atoms with Gasteiger partial charge in [0.2, 0.25) is 10.0 Å². The van der Waals surface area contributed by atoms with Crippen molar-refractivity contribution < 1.29 is 27.5 Å². The molecule has 1 atom stereocenters. The van der Waals surface area contributed by atoms with Gasteiger partial charge in [-0.05, 0) is 50.1 Å². The van der Waals surface area contributed by atoms with Crippen molar-refractivity contribution in [2.24, 2.45) is 0 Å². The maximum Gasteiger partial charge on any atom is 0.311 e. The van der Waals surface area contributed by atoms with E-state index in [0.717, 1.165) is 19.3 Å². The number of carbonyl (C=O) groups is 2. The van der Waals surface area contributed by atoms with Gasteiger partial charge in [-0.1, -0.05) is 24.6 Å². The van der Waals surface area contributed by atoms with Gasteiger partial charge < -0.3 is 14.8 Å². The molecule has 0 bridgehead atoms. The Morgan fingerprint density at radius 2 is 1.69 bits per heavy atom. The van der Waals surface area contributed by atoms with Gasteiger partial charge in [0, 0.05) is 24.3 Å². The SMILES string of the molecule is COc1ccccc1CC(=O)O[C@@H](C)C(=O)Nc1ccc(S(=O)(=O)N2CCCCC2)cc1. The monoisotopic (exact) mass is 460 g/mol. The molecular weight excluding hydrogens is 432 g/mol. The van der Waals surface area contributed by atoms with Gasteiger partial charge >= 0.3 is 5.97 Å². The molecule has 1 fully saturated rings. The average Bonchev–Trinajstić information content (AvgIpc) is 2.80. The van der Waals surface area contributed by atoms with E-state index in [-0.39, 0.29) is 11.3 Å². The van der Waals surface area contributed by atoms with Crippen LogP contribution < -0.4 is 10.1 Å². The van der Waals surface area contributed by atoms with Gasteiger partial charge in [-0.25, -0.2) is 8.42 Å². The summed E-state index contributed by atoms with van der Waals surface area (Å²) in [6.07, 6.45) is 1.72. The number of amides is 1. The van der Waals surface area contributed by atoms with Crippen molar-refractivity contribution in [1.82, 2.24) is 4.31 Å². The molecule has 0 aliphatic carbocycles. The minimum atomic E-state index is -3.53. The first kappa shape index (κ1) is 23.7. The molecule has 2 aromatic rings. The number of methoxy groups -OCH3 is 1. The lowest BCUT2D eigenvalue weighted by molar-refractivity contribution is -0.152. The van der Waals surface area contributed by atoms with E-state index >= 15 is 0 Å². The number of anilines is 1. The zero-order chi connectivity index (χ0) is 23.1. The van der Waals surface area contributed by atoms with Gasteiger partial charge in [0.25, 0.3) is 5.91 Å². The van der Waals surface area contributed by atoms with Crippen molar-refractivity contribution >= 4 is 27.6 Å². The zero-order valence-corrected chi connectivity index (χ0v) is 19.1. The molecule has 1 heterocycles. The Balaban J connectivity index is 1.56. The third kappa shape index (κ3) is 5.86. The summed E-state index contributed by atoms with van der Waals surface area (Å²) in [5.41, 5.74) is 1.08. The Hall–Kier alpha value is -2.91. The summed E-state index contributed by atoms with van der Waals surface area (Å²) in [5, 5.41) is 2.64. The average molecular weight is 461 g/mol. The van der Waals surface area contributed by atoms with Crippen molar-refractivity contribution in [3.8, 4) is 5.75 Å². The van der Waals surface area contributed by atoms with Crippen LogP contribution >= 0.6 is 0 Å². The highest BCUT2D eigenvalue weighted by Gasteiger charge is 2.26. The van der Waals surface area contributed by atoms with E-state index < -0.39 is 28.0 Å². The molecule has 3 rings (SSSR count). The van der Waals surface area contributed by atoms with Crippen LogP contribution in [0.4, 0.5) is 5.69 Å². The van der Waals surface area contributed by atoms with Crippen molar-refractivity contribution in [3.63, 3.8) is 0 Å². The molecule has 1 saturated heterocycles. The largest absolute Gasteiger partial charge is 0.496 e. The number of hydrogen-bond acceptors (Lipinski definition) is 6. The van der Waals surface area contributed by atoms with E-state index in [9.17, 15) is 18.0 Å². The highest BCUT2D eigenvalue weighted by Crippen LogP contribution is 2.22. The zero-order valence-electron chi connectivity index (χ0n) is 18.2. The predicted octanol–water partition coefficient (Wildman–Crippen LogP) is 2.98. The van der Waals surface area contributed by atoms with Crippen LogP contribution in [0.5, 0.6) is 5.75 Å². The van der Waals surface area contributed by atoms with Crippen molar-refractivity contribution in [1.29, 1.82) is 0 Å². The molecule has 172 valence electrons. The molecule has 1 aliphatic rings. The number of hydrogen-bond donors (Lipinski definition) is 1. The molecule has 9 heteroatoms. The summed E-state index contributed by atoms with van der Waals surface area (Å²) < 4.78 is 37.4. The van der Waals surface area contributed by atoms with E-state index in [2.05, 4.69) is 5.32 Å². The lowest BCUT2D eigenvalue weighted by Crippen LogP contribution is -2.35. The van der Waals surface area contributed by atoms with Crippen LogP contribution in [-0.4, -0.2) is 50.9 Å². The van der Waals surface area contributed by atoms with Crippen LogP contribution in [0.25, 0.3) is 0 Å². The Bertz CT molecular complexity index is 1050. The lowest BCUT2D eigenvalue weighted by atomic mass is 10.1. The number of esters is 1. The fourth-order valence-corrected chi connectivity index (χ4v) is 5.02. The number of nitrogens with zero attached hydrogens (tertiary/aromatic N) is 1. The van der Waals surface area contributed by atoms with Crippen molar-refractivity contribution in [2.75, 3.05) is 25.5 Å². The van der Waals surface area contributed by atoms with Crippen LogP contribution in [0.3, 0.4) is 0 Å². The number of para-hydroxylation sites is 1. The summed E-state index contributed by atoms with van der Waals surface area (Å²) in [6.45, 7) is 2.53. The molecule has 2 aromatic carbocycles. The van der Waals surface area contributed by atoms with Crippen LogP contribution in [0, 0.1) is 0 Å². The molecule has 1 N–H and O–H groups in total. The Morgan fingerprint density at radius 1 is 1.03 bits per heavy atom. The van der Waals surface area contributed by atoms with Crippen LogP contribution in [-0.2, 0) is 30.8 Å². The van der Waals surface area contributed by atoms with Gasteiger partial charge in [0.05, 0.1) is 18.4 Å². The maximum atomic E-state index is 12.7. The second-order valence-electron chi connectivity index (χ2n) is 7.60. The van der Waals surface area contributed by atoms with Gasteiger partial charge in [-0.15, -0.1) is 0 Å². The maximum absolute atomic E-state index is 12.7. The minimum absolute atomic E-state index is 0.0231. The van der Waals surface area contributed by atoms with E-state index in [1.54, 1.807) is 24.3 Å². The molecule has 0 aromatic heterocycles. The molecule has 0 radical (unpaired) electrons. The summed E-state index contributed by atoms with van der Waals surface area (Å²) >= 11 is 0. The first-order valence-corrected chi connectivity index (χ1v) is 12.0. The number of nitrogens with one attached hydrogen (secondary N) is 1. The number of carbonyl (C=O) groups excluding carboxylic acids is 2. The molecule has 32 heavy (non-hydrogen) atoms. The third-order valence-electron chi connectivity index (χ3n) is 5.28. The fraction of sp³-hybridized carbons (Fsp3) is 0.391. The normalized spacial score (nSPS) is 15.6. The number of piperidine rings is 1. The van der Waals surface area contributed by atoms with Crippen molar-refractivity contribution in [2.45, 2.75) is 43.6 Å². The van der Waals surface area contributed by atoms with Gasteiger partial charge in [0.1, 0.15) is 5.75 Å². The quantitative estimate of drug-likeness (QED) is 0.608. The van der Waals surface area contributed by atoms with E-state index in [1.165, 1.54) is 42.6 Å². The Morgan fingerprint density at radius 3 is 2.34 bits per heavy atom. The van der Waals surface area contributed by atoms with Crippen LogP contribution in [0.2, 0.25) is 0 Å². The Kier molecular flexibility index (Phi) is 7.87. The predicted molar refractivity (Wildman–Crippen MR) is 120 cm³/mol. The van der Waals surface area contributed by atoms with Gasteiger partial charge in [-0.2, -0.15) is 4.31 Å². The Labute approximate surface area is 188 Å². The van der Waals surface area contributed by atoms with Crippen molar-refractivity contribution in [3.05, 3.63) is 54.1 Å². The first-order chi connectivity index (χ1) is 15.3. The van der Waals surface area contributed by atoms with E-state index in [1.807, 2.05) is 0 Å². The second-order valence-corrected chi connectivity index (χ2v) is 9.54. The van der Waals surface area contributed by atoms with E-state index in [0.29, 0.717) is 30.1 Å². The number of rotatable bonds is 8. The molecule has 0 unspecified atom stereocenters. The summed E-state index contributed by atoms with van der Waals surface area (Å²) in [4.78, 5) is 24.8. The molecule has 8 nitrogen and oxygen atoms in total. The van der Waals surface area contributed by atoms with Crippen LogP contribution in [0.1, 0.15) is 31.7 Å². The van der Waals surface area contributed by atoms with Gasteiger partial charge in [0.15, 0.2) is 6.10 Å². The minimum Gasteiger partial charge on any atom is -0.496 e. The summed E-state index contributed by atoms with van der Waals surface area (Å²) in [7, 11) is -2.02. The van der Waals surface area contributed by atoms with Gasteiger partial charge in [-0.3, -0.25) is 9.59 Å². The first-order valence-electron chi connectivity index (χ1n) is 10.5. The topological polar surface area (TPSA) is 102 Å². The second kappa shape index (κ2) is 10.6.